The summed E-state index contributed by atoms with van der Waals surface area (Å²) in [6.45, 7) is 0. The smallest absolute Gasteiger partial charge is 0.338 e. The van der Waals surface area contributed by atoms with Crippen molar-refractivity contribution >= 4 is 68.2 Å². The summed E-state index contributed by atoms with van der Waals surface area (Å²) in [5.41, 5.74) is 1.01. The highest BCUT2D eigenvalue weighted by molar-refractivity contribution is 9.09. The molecule has 0 aliphatic rings. The molecule has 0 fully saturated rings. The quantitative estimate of drug-likeness (QED) is 0.0658. The standard InChI is InChI=1S/C29H19BrCl2N2O6/c30-25(18-8-5-11-22(15-18)34(38)39)27(26(35)17-6-2-1-3-7-17)40-29(37)19-9-4-10-21(14-19)33-28(36)23-13-12-20(31)16-24(23)32/h1-16,25,27H,(H,33,36)/t25-,27-/m1/s1. The van der Waals surface area contributed by atoms with Crippen LogP contribution >= 0.6 is 39.1 Å². The highest BCUT2D eigenvalue weighted by Gasteiger charge is 2.33. The van der Waals surface area contributed by atoms with Crippen LogP contribution in [0.2, 0.25) is 10.0 Å². The molecule has 0 radical (unpaired) electrons. The number of esters is 1. The SMILES string of the molecule is O=C(O[C@@H](C(=O)c1ccccc1)[C@H](Br)c1cccc([N+](=O)[O-])c1)c1cccc(NC(=O)c2ccc(Cl)cc2Cl)c1. The van der Waals surface area contributed by atoms with Gasteiger partial charge in [-0.2, -0.15) is 0 Å². The Balaban J connectivity index is 1.60. The molecule has 4 aromatic carbocycles. The first-order chi connectivity index (χ1) is 19.1. The number of rotatable bonds is 9. The second kappa shape index (κ2) is 12.9. The van der Waals surface area contributed by atoms with E-state index < -0.39 is 33.5 Å². The van der Waals surface area contributed by atoms with Crippen molar-refractivity contribution in [1.29, 1.82) is 0 Å². The molecule has 202 valence electrons. The summed E-state index contributed by atoms with van der Waals surface area (Å²) < 4.78 is 5.69. The van der Waals surface area contributed by atoms with E-state index in [1.807, 2.05) is 0 Å². The van der Waals surface area contributed by atoms with Crippen LogP contribution < -0.4 is 5.32 Å². The predicted molar refractivity (Wildman–Crippen MR) is 156 cm³/mol. The van der Waals surface area contributed by atoms with E-state index in [9.17, 15) is 24.5 Å². The predicted octanol–water partition coefficient (Wildman–Crippen LogP) is 7.70. The van der Waals surface area contributed by atoms with Crippen LogP contribution in [-0.4, -0.2) is 28.7 Å². The maximum Gasteiger partial charge on any atom is 0.338 e. The summed E-state index contributed by atoms with van der Waals surface area (Å²) in [5.74, 6) is -1.87. The van der Waals surface area contributed by atoms with Gasteiger partial charge in [0.25, 0.3) is 11.6 Å². The molecule has 0 saturated carbocycles. The Kier molecular flexibility index (Phi) is 9.31. The molecular formula is C29H19BrCl2N2O6. The minimum Gasteiger partial charge on any atom is -0.449 e. The largest absolute Gasteiger partial charge is 0.449 e. The summed E-state index contributed by atoms with van der Waals surface area (Å²) in [4.78, 5) is 49.3. The molecule has 4 rings (SSSR count). The minimum absolute atomic E-state index is 0.0598. The Bertz CT molecular complexity index is 1600. The first kappa shape index (κ1) is 28.9. The fourth-order valence-corrected chi connectivity index (χ4v) is 4.90. The van der Waals surface area contributed by atoms with Gasteiger partial charge in [0.1, 0.15) is 0 Å². The molecule has 2 atom stereocenters. The van der Waals surface area contributed by atoms with Crippen molar-refractivity contribution < 1.29 is 24.0 Å². The number of nitro groups is 1. The lowest BCUT2D eigenvalue weighted by atomic mass is 9.99. The van der Waals surface area contributed by atoms with E-state index >= 15 is 0 Å². The highest BCUT2D eigenvalue weighted by atomic mass is 79.9. The van der Waals surface area contributed by atoms with Crippen LogP contribution in [0, 0.1) is 10.1 Å². The van der Waals surface area contributed by atoms with Gasteiger partial charge in [-0.05, 0) is 42.0 Å². The summed E-state index contributed by atoms with van der Waals surface area (Å²) in [5, 5.41) is 14.5. The van der Waals surface area contributed by atoms with Gasteiger partial charge in [-0.1, -0.05) is 87.7 Å². The van der Waals surface area contributed by atoms with E-state index in [1.165, 1.54) is 54.6 Å². The van der Waals surface area contributed by atoms with Crippen LogP contribution in [0.3, 0.4) is 0 Å². The van der Waals surface area contributed by atoms with Gasteiger partial charge in [0.05, 0.1) is 25.9 Å². The lowest BCUT2D eigenvalue weighted by Crippen LogP contribution is -2.31. The molecule has 1 N–H and O–H groups in total. The second-order valence-corrected chi connectivity index (χ2v) is 10.3. The van der Waals surface area contributed by atoms with Gasteiger partial charge in [0.15, 0.2) is 6.10 Å². The van der Waals surface area contributed by atoms with E-state index in [4.69, 9.17) is 27.9 Å². The molecule has 1 amide bonds. The van der Waals surface area contributed by atoms with Gasteiger partial charge in [-0.3, -0.25) is 19.7 Å². The number of hydrogen-bond acceptors (Lipinski definition) is 6. The topological polar surface area (TPSA) is 116 Å². The molecule has 0 aliphatic carbocycles. The Labute approximate surface area is 247 Å². The molecule has 0 aliphatic heterocycles. The van der Waals surface area contributed by atoms with E-state index in [0.717, 1.165) is 0 Å². The molecule has 0 heterocycles. The van der Waals surface area contributed by atoms with Crippen LogP contribution in [0.15, 0.2) is 97.1 Å². The Morgan fingerprint density at radius 3 is 2.25 bits per heavy atom. The van der Waals surface area contributed by atoms with Gasteiger partial charge in [-0.25, -0.2) is 4.79 Å². The zero-order chi connectivity index (χ0) is 28.8. The van der Waals surface area contributed by atoms with Crippen molar-refractivity contribution in [2.45, 2.75) is 10.9 Å². The van der Waals surface area contributed by atoms with E-state index in [1.54, 1.807) is 42.5 Å². The number of anilines is 1. The van der Waals surface area contributed by atoms with Crippen molar-refractivity contribution in [3.05, 3.63) is 139 Å². The molecule has 0 aromatic heterocycles. The van der Waals surface area contributed by atoms with E-state index in [-0.39, 0.29) is 33.1 Å². The fourth-order valence-electron chi connectivity index (χ4n) is 3.78. The third-order valence-corrected chi connectivity index (χ3v) is 7.30. The molecule has 0 saturated heterocycles. The number of ketones is 1. The van der Waals surface area contributed by atoms with Crippen LogP contribution in [0.1, 0.15) is 41.5 Å². The van der Waals surface area contributed by atoms with Crippen molar-refractivity contribution in [1.82, 2.24) is 0 Å². The van der Waals surface area contributed by atoms with Crippen molar-refractivity contribution in [3.63, 3.8) is 0 Å². The zero-order valence-corrected chi connectivity index (χ0v) is 23.5. The summed E-state index contributed by atoms with van der Waals surface area (Å²) in [6.07, 6.45) is -1.37. The first-order valence-corrected chi connectivity index (χ1v) is 13.4. The van der Waals surface area contributed by atoms with Gasteiger partial charge in [0, 0.05) is 28.4 Å². The lowest BCUT2D eigenvalue weighted by molar-refractivity contribution is -0.384. The van der Waals surface area contributed by atoms with Crippen molar-refractivity contribution in [2.75, 3.05) is 5.32 Å². The highest BCUT2D eigenvalue weighted by Crippen LogP contribution is 2.33. The number of benzene rings is 4. The van der Waals surface area contributed by atoms with Gasteiger partial charge in [-0.15, -0.1) is 0 Å². The Morgan fingerprint density at radius 2 is 1.55 bits per heavy atom. The number of non-ortho nitro benzene ring substituents is 1. The average molecular weight is 642 g/mol. The van der Waals surface area contributed by atoms with Crippen LogP contribution in [0.4, 0.5) is 11.4 Å². The molecular weight excluding hydrogens is 623 g/mol. The molecule has 8 nitrogen and oxygen atoms in total. The van der Waals surface area contributed by atoms with E-state index in [2.05, 4.69) is 21.2 Å². The number of hydrogen-bond donors (Lipinski definition) is 1. The maximum absolute atomic E-state index is 13.5. The maximum atomic E-state index is 13.5. The fraction of sp³-hybridized carbons (Fsp3) is 0.0690. The average Bonchev–Trinajstić information content (AvgIpc) is 2.95. The molecule has 0 unspecified atom stereocenters. The molecule has 40 heavy (non-hydrogen) atoms. The number of carbonyl (C=O) groups excluding carboxylic acids is 3. The monoisotopic (exact) mass is 640 g/mol. The van der Waals surface area contributed by atoms with Crippen LogP contribution in [0.5, 0.6) is 0 Å². The number of Topliss-reactive ketones (excluding diaryl/α,β-unsaturated/α-hetero) is 1. The number of amides is 1. The lowest BCUT2D eigenvalue weighted by Gasteiger charge is -2.22. The third kappa shape index (κ3) is 6.93. The number of nitrogens with zero attached hydrogens (tertiary/aromatic N) is 1. The Morgan fingerprint density at radius 1 is 0.850 bits per heavy atom. The minimum atomic E-state index is -1.37. The normalized spacial score (nSPS) is 12.2. The Hall–Kier alpha value is -4.05. The molecule has 0 spiro atoms. The molecule has 0 bridgehead atoms. The number of nitro benzene ring substituents is 1. The van der Waals surface area contributed by atoms with E-state index in [0.29, 0.717) is 10.6 Å². The van der Waals surface area contributed by atoms with Crippen LogP contribution in [0.25, 0.3) is 0 Å². The first-order valence-electron chi connectivity index (χ1n) is 11.7. The van der Waals surface area contributed by atoms with Crippen molar-refractivity contribution in [3.8, 4) is 0 Å². The van der Waals surface area contributed by atoms with Gasteiger partial charge < -0.3 is 10.1 Å². The number of ether oxygens (including phenoxy) is 1. The number of carbonyl (C=O) groups is 3. The van der Waals surface area contributed by atoms with Crippen molar-refractivity contribution in [2.24, 2.45) is 0 Å². The third-order valence-electron chi connectivity index (χ3n) is 5.75. The summed E-state index contributed by atoms with van der Waals surface area (Å²) in [6, 6.07) is 24.3. The summed E-state index contributed by atoms with van der Waals surface area (Å²) in [7, 11) is 0. The molecule has 11 heteroatoms. The summed E-state index contributed by atoms with van der Waals surface area (Å²) >= 11 is 15.4. The van der Waals surface area contributed by atoms with Gasteiger partial charge in [0.2, 0.25) is 5.78 Å². The number of nitrogens with one attached hydrogen (secondary N) is 1. The van der Waals surface area contributed by atoms with Crippen LogP contribution in [-0.2, 0) is 4.74 Å². The number of halogens is 3. The second-order valence-electron chi connectivity index (χ2n) is 8.47. The number of alkyl halides is 1. The van der Waals surface area contributed by atoms with Gasteiger partial charge >= 0.3 is 5.97 Å². The zero-order valence-electron chi connectivity index (χ0n) is 20.4. The molecule has 4 aromatic rings.